The molecule has 0 aliphatic carbocycles. The van der Waals surface area contributed by atoms with Crippen LogP contribution in [-0.4, -0.2) is 0 Å². The highest BCUT2D eigenvalue weighted by Gasteiger charge is 2.27. The lowest BCUT2D eigenvalue weighted by Gasteiger charge is -2.34. The number of fused-ring (bicyclic) bond motifs is 7. The van der Waals surface area contributed by atoms with Gasteiger partial charge in [0.1, 0.15) is 0 Å². The Labute approximate surface area is 300 Å². The maximum Gasteiger partial charge on any atom is 0.0796 e. The van der Waals surface area contributed by atoms with Crippen LogP contribution >= 0.6 is 11.3 Å². The molecule has 0 saturated carbocycles. The zero-order chi connectivity index (χ0) is 33.7. The Morgan fingerprint density at radius 1 is 0.314 bits per heavy atom. The Morgan fingerprint density at radius 3 is 1.43 bits per heavy atom. The first-order valence-electron chi connectivity index (χ1n) is 17.4. The summed E-state index contributed by atoms with van der Waals surface area (Å²) in [6, 6.07) is 70.6. The van der Waals surface area contributed by atoms with Gasteiger partial charge in [-0.1, -0.05) is 127 Å². The maximum atomic E-state index is 2.48. The van der Waals surface area contributed by atoms with E-state index in [1.165, 1.54) is 52.5 Å². The lowest BCUT2D eigenvalue weighted by atomic mass is 9.99. The van der Waals surface area contributed by atoms with Gasteiger partial charge in [0.25, 0.3) is 0 Å². The Bertz CT molecular complexity index is 2880. The van der Waals surface area contributed by atoms with E-state index in [9.17, 15) is 0 Å². The molecule has 0 unspecified atom stereocenters. The van der Waals surface area contributed by atoms with E-state index in [0.29, 0.717) is 0 Å². The summed E-state index contributed by atoms with van der Waals surface area (Å²) >= 11 is 1.87. The normalized spacial score (nSPS) is 11.5. The molecule has 0 N–H and O–H groups in total. The number of hydrogen-bond acceptors (Lipinski definition) is 3. The van der Waals surface area contributed by atoms with Gasteiger partial charge in [0.05, 0.1) is 11.4 Å². The van der Waals surface area contributed by atoms with Crippen molar-refractivity contribution in [2.75, 3.05) is 9.80 Å². The van der Waals surface area contributed by atoms with Crippen LogP contribution in [0.3, 0.4) is 0 Å². The quantitative estimate of drug-likeness (QED) is 0.174. The van der Waals surface area contributed by atoms with E-state index in [1.54, 1.807) is 0 Å². The van der Waals surface area contributed by atoms with Crippen molar-refractivity contribution in [3.63, 3.8) is 0 Å². The second-order valence-corrected chi connectivity index (χ2v) is 14.1. The average molecular weight is 669 g/mol. The van der Waals surface area contributed by atoms with Gasteiger partial charge < -0.3 is 9.80 Å². The monoisotopic (exact) mass is 668 g/mol. The molecule has 0 saturated heterocycles. The SMILES string of the molecule is c1ccc(N(c2ccc3ccccc3c2)c2ccc3sc4ccc5ccccc5c4c3c2N(c2ccccc2)c2ccc3ccccc3c2)cc1. The fourth-order valence-corrected chi connectivity index (χ4v) is 8.75. The van der Waals surface area contributed by atoms with Gasteiger partial charge in [-0.25, -0.2) is 0 Å². The predicted molar refractivity (Wildman–Crippen MR) is 221 cm³/mol. The van der Waals surface area contributed by atoms with E-state index in [4.69, 9.17) is 0 Å². The van der Waals surface area contributed by atoms with Crippen molar-refractivity contribution >= 4 is 98.0 Å². The third-order valence-corrected chi connectivity index (χ3v) is 11.1. The van der Waals surface area contributed by atoms with Crippen LogP contribution in [0.5, 0.6) is 0 Å². The summed E-state index contributed by atoms with van der Waals surface area (Å²) in [5.74, 6) is 0. The van der Waals surface area contributed by atoms with E-state index in [2.05, 4.69) is 204 Å². The summed E-state index contributed by atoms with van der Waals surface area (Å²) in [5, 5.41) is 9.92. The van der Waals surface area contributed by atoms with Crippen molar-refractivity contribution in [2.24, 2.45) is 0 Å². The van der Waals surface area contributed by atoms with Crippen LogP contribution in [0.25, 0.3) is 52.5 Å². The summed E-state index contributed by atoms with van der Waals surface area (Å²) in [6.07, 6.45) is 0. The molecular formula is C48H32N2S. The molecule has 0 aliphatic rings. The third kappa shape index (κ3) is 5.01. The average Bonchev–Trinajstić information content (AvgIpc) is 3.59. The third-order valence-electron chi connectivity index (χ3n) is 9.95. The smallest absolute Gasteiger partial charge is 0.0796 e. The highest BCUT2D eigenvalue weighted by molar-refractivity contribution is 7.26. The van der Waals surface area contributed by atoms with Crippen molar-refractivity contribution in [3.8, 4) is 0 Å². The van der Waals surface area contributed by atoms with E-state index in [-0.39, 0.29) is 0 Å². The van der Waals surface area contributed by atoms with Crippen molar-refractivity contribution in [1.29, 1.82) is 0 Å². The first-order chi connectivity index (χ1) is 25.3. The van der Waals surface area contributed by atoms with Gasteiger partial charge in [0.2, 0.25) is 0 Å². The lowest BCUT2D eigenvalue weighted by molar-refractivity contribution is 1.24. The maximum absolute atomic E-state index is 2.48. The van der Waals surface area contributed by atoms with Gasteiger partial charge in [-0.3, -0.25) is 0 Å². The molecule has 2 nitrogen and oxygen atoms in total. The standard InChI is InChI=1S/C48H32N2S/c1-3-18-38(19-4-1)49(40-26-23-33-13-7-9-16-36(33)31-40)43-28-30-45-47(46-42-22-12-11-15-35(42)25-29-44(46)51-45)48(43)50(39-20-5-2-6-21-39)41-27-24-34-14-8-10-17-37(34)32-41/h1-32H. The molecular weight excluding hydrogens is 637 g/mol. The summed E-state index contributed by atoms with van der Waals surface area (Å²) < 4.78 is 2.54. The number of thiophene rings is 1. The minimum Gasteiger partial charge on any atom is -0.308 e. The van der Waals surface area contributed by atoms with Crippen LogP contribution in [0, 0.1) is 0 Å². The highest BCUT2D eigenvalue weighted by atomic mass is 32.1. The molecule has 1 heterocycles. The van der Waals surface area contributed by atoms with Gasteiger partial charge in [0, 0.05) is 42.9 Å². The first kappa shape index (κ1) is 29.5. The van der Waals surface area contributed by atoms with Gasteiger partial charge in [0.15, 0.2) is 0 Å². The molecule has 9 aromatic carbocycles. The van der Waals surface area contributed by atoms with Crippen LogP contribution in [0.1, 0.15) is 0 Å². The van der Waals surface area contributed by atoms with Gasteiger partial charge >= 0.3 is 0 Å². The Kier molecular flexibility index (Phi) is 7.04. The topological polar surface area (TPSA) is 6.48 Å². The molecule has 1 aromatic heterocycles. The molecule has 0 atom stereocenters. The number of benzene rings is 9. The summed E-state index contributed by atoms with van der Waals surface area (Å²) in [7, 11) is 0. The lowest BCUT2D eigenvalue weighted by Crippen LogP contribution is -2.17. The van der Waals surface area contributed by atoms with Crippen molar-refractivity contribution < 1.29 is 0 Å². The molecule has 51 heavy (non-hydrogen) atoms. The number of para-hydroxylation sites is 2. The predicted octanol–water partition coefficient (Wildman–Crippen LogP) is 14.5. The molecule has 0 aliphatic heterocycles. The second kappa shape index (κ2) is 12.2. The second-order valence-electron chi connectivity index (χ2n) is 13.0. The summed E-state index contributed by atoms with van der Waals surface area (Å²) in [5.41, 5.74) is 6.68. The Balaban J connectivity index is 1.38. The van der Waals surface area contributed by atoms with Crippen LogP contribution in [0.15, 0.2) is 194 Å². The molecule has 240 valence electrons. The van der Waals surface area contributed by atoms with E-state index in [1.807, 2.05) is 11.3 Å². The Hall–Kier alpha value is -6.42. The zero-order valence-corrected chi connectivity index (χ0v) is 28.6. The molecule has 0 radical (unpaired) electrons. The first-order valence-corrected chi connectivity index (χ1v) is 18.2. The molecule has 0 fully saturated rings. The molecule has 10 rings (SSSR count). The van der Waals surface area contributed by atoms with E-state index < -0.39 is 0 Å². The minimum absolute atomic E-state index is 1.10. The van der Waals surface area contributed by atoms with Gasteiger partial charge in [-0.15, -0.1) is 11.3 Å². The molecule has 0 bridgehead atoms. The van der Waals surface area contributed by atoms with Crippen LogP contribution in [0.4, 0.5) is 34.1 Å². The van der Waals surface area contributed by atoms with Crippen molar-refractivity contribution in [2.45, 2.75) is 0 Å². The van der Waals surface area contributed by atoms with Gasteiger partial charge in [-0.2, -0.15) is 0 Å². The largest absolute Gasteiger partial charge is 0.308 e. The Morgan fingerprint density at radius 2 is 0.784 bits per heavy atom. The van der Waals surface area contributed by atoms with Gasteiger partial charge in [-0.05, 0) is 99.0 Å². The fraction of sp³-hybridized carbons (Fsp3) is 0. The molecule has 10 aromatic rings. The summed E-state index contributed by atoms with van der Waals surface area (Å²) in [6.45, 7) is 0. The number of nitrogens with zero attached hydrogens (tertiary/aromatic N) is 2. The fourth-order valence-electron chi connectivity index (χ4n) is 7.63. The summed E-state index contributed by atoms with van der Waals surface area (Å²) in [4.78, 5) is 4.92. The number of anilines is 6. The van der Waals surface area contributed by atoms with E-state index in [0.717, 1.165) is 34.1 Å². The van der Waals surface area contributed by atoms with Crippen molar-refractivity contribution in [1.82, 2.24) is 0 Å². The van der Waals surface area contributed by atoms with Crippen LogP contribution < -0.4 is 9.80 Å². The van der Waals surface area contributed by atoms with Crippen LogP contribution in [-0.2, 0) is 0 Å². The highest BCUT2D eigenvalue weighted by Crippen LogP contribution is 2.53. The van der Waals surface area contributed by atoms with Crippen LogP contribution in [0.2, 0.25) is 0 Å². The van der Waals surface area contributed by atoms with Crippen molar-refractivity contribution in [3.05, 3.63) is 194 Å². The number of rotatable bonds is 6. The minimum atomic E-state index is 1.10. The van der Waals surface area contributed by atoms with E-state index >= 15 is 0 Å². The molecule has 0 spiro atoms. The molecule has 0 amide bonds. The zero-order valence-electron chi connectivity index (χ0n) is 27.8. The molecule has 3 heteroatoms. The number of hydrogen-bond donors (Lipinski definition) is 0.